The second-order valence-corrected chi connectivity index (χ2v) is 5.60. The van der Waals surface area contributed by atoms with Gasteiger partial charge in [0, 0.05) is 18.3 Å². The number of halogens is 1. The zero-order chi connectivity index (χ0) is 8.60. The van der Waals surface area contributed by atoms with E-state index in [0.717, 1.165) is 0 Å². The molecule has 1 nitrogen and oxygen atoms in total. The van der Waals surface area contributed by atoms with Crippen molar-refractivity contribution in [1.82, 2.24) is 0 Å². The predicted molar refractivity (Wildman–Crippen MR) is 60.8 cm³/mol. The molecule has 0 aromatic rings. The summed E-state index contributed by atoms with van der Waals surface area (Å²) in [5, 5.41) is 0. The standard InChI is InChI=1S/C10H10IN/c1-10(11)7-12-6-8-4-2-3-5-9(8)10/h2-7,9H,1H3. The fourth-order valence-electron chi connectivity index (χ4n) is 1.54. The van der Waals surface area contributed by atoms with E-state index in [4.69, 9.17) is 0 Å². The van der Waals surface area contributed by atoms with Crippen LogP contribution in [0, 0.1) is 5.92 Å². The van der Waals surface area contributed by atoms with Crippen molar-refractivity contribution in [2.75, 3.05) is 0 Å². The maximum atomic E-state index is 4.23. The van der Waals surface area contributed by atoms with Crippen molar-refractivity contribution >= 4 is 28.8 Å². The van der Waals surface area contributed by atoms with E-state index in [2.05, 4.69) is 58.8 Å². The first-order valence-electron chi connectivity index (χ1n) is 3.98. The molecule has 2 heteroatoms. The summed E-state index contributed by atoms with van der Waals surface area (Å²) < 4.78 is 0.142. The Morgan fingerprint density at radius 1 is 1.50 bits per heavy atom. The average molecular weight is 271 g/mol. The number of fused-ring (bicyclic) bond motifs is 1. The summed E-state index contributed by atoms with van der Waals surface area (Å²) >= 11 is 2.45. The minimum Gasteiger partial charge on any atom is -0.267 e. The van der Waals surface area contributed by atoms with Gasteiger partial charge in [-0.05, 0) is 12.5 Å². The molecule has 1 heterocycles. The summed E-state index contributed by atoms with van der Waals surface area (Å²) in [6.45, 7) is 2.21. The molecule has 0 radical (unpaired) electrons. The lowest BCUT2D eigenvalue weighted by Gasteiger charge is -2.31. The normalized spacial score (nSPS) is 37.8. The largest absolute Gasteiger partial charge is 0.267 e. The molecular weight excluding hydrogens is 261 g/mol. The SMILES string of the molecule is CC1(I)C=NC=C2C=CC=CC21. The Bertz CT molecular complexity index is 308. The lowest BCUT2D eigenvalue weighted by atomic mass is 9.84. The van der Waals surface area contributed by atoms with E-state index >= 15 is 0 Å². The van der Waals surface area contributed by atoms with Crippen LogP contribution in [0.25, 0.3) is 0 Å². The smallest absolute Gasteiger partial charge is 0.0648 e. The van der Waals surface area contributed by atoms with Crippen molar-refractivity contribution in [2.24, 2.45) is 10.9 Å². The first-order chi connectivity index (χ1) is 5.70. The van der Waals surface area contributed by atoms with Gasteiger partial charge in [-0.3, -0.25) is 4.99 Å². The second-order valence-electron chi connectivity index (χ2n) is 3.28. The number of allylic oxidation sites excluding steroid dienone is 5. The molecule has 0 spiro atoms. The summed E-state index contributed by atoms with van der Waals surface area (Å²) in [5.41, 5.74) is 1.32. The van der Waals surface area contributed by atoms with Crippen LogP contribution in [-0.2, 0) is 0 Å². The fraction of sp³-hybridized carbons (Fsp3) is 0.300. The van der Waals surface area contributed by atoms with Crippen LogP contribution in [0.4, 0.5) is 0 Å². The summed E-state index contributed by atoms with van der Waals surface area (Å²) in [7, 11) is 0. The molecule has 0 fully saturated rings. The molecule has 2 rings (SSSR count). The molecule has 12 heavy (non-hydrogen) atoms. The Balaban J connectivity index is 2.42. The van der Waals surface area contributed by atoms with Gasteiger partial charge >= 0.3 is 0 Å². The van der Waals surface area contributed by atoms with Crippen molar-refractivity contribution in [3.63, 3.8) is 0 Å². The highest BCUT2D eigenvalue weighted by Crippen LogP contribution is 2.37. The van der Waals surface area contributed by atoms with Crippen LogP contribution in [0.2, 0.25) is 0 Å². The second kappa shape index (κ2) is 2.83. The maximum Gasteiger partial charge on any atom is 0.0648 e. The number of hydrogen-bond acceptors (Lipinski definition) is 1. The molecule has 0 amide bonds. The van der Waals surface area contributed by atoms with Crippen molar-refractivity contribution < 1.29 is 0 Å². The van der Waals surface area contributed by atoms with Gasteiger partial charge in [0.2, 0.25) is 0 Å². The van der Waals surface area contributed by atoms with Crippen molar-refractivity contribution in [3.8, 4) is 0 Å². The molecule has 0 aromatic carbocycles. The molecule has 1 aliphatic heterocycles. The van der Waals surface area contributed by atoms with Crippen molar-refractivity contribution in [1.29, 1.82) is 0 Å². The van der Waals surface area contributed by atoms with Gasteiger partial charge in [-0.15, -0.1) is 0 Å². The zero-order valence-corrected chi connectivity index (χ0v) is 9.02. The highest BCUT2D eigenvalue weighted by Gasteiger charge is 2.32. The van der Waals surface area contributed by atoms with Gasteiger partial charge in [0.05, 0.1) is 3.42 Å². The van der Waals surface area contributed by atoms with E-state index in [-0.39, 0.29) is 3.42 Å². The third-order valence-corrected chi connectivity index (χ3v) is 3.17. The number of nitrogens with zero attached hydrogens (tertiary/aromatic N) is 1. The monoisotopic (exact) mass is 271 g/mol. The average Bonchev–Trinajstić information content (AvgIpc) is 2.04. The molecule has 62 valence electrons. The summed E-state index contributed by atoms with van der Waals surface area (Å²) in [5.74, 6) is 0.501. The quantitative estimate of drug-likeness (QED) is 0.474. The van der Waals surface area contributed by atoms with Crippen molar-refractivity contribution in [3.05, 3.63) is 36.1 Å². The highest BCUT2D eigenvalue weighted by atomic mass is 127. The molecule has 0 bridgehead atoms. The molecule has 2 atom stereocenters. The topological polar surface area (TPSA) is 12.4 Å². The van der Waals surface area contributed by atoms with E-state index in [1.807, 2.05) is 12.4 Å². The lowest BCUT2D eigenvalue weighted by Crippen LogP contribution is -2.31. The van der Waals surface area contributed by atoms with Gasteiger partial charge in [0.1, 0.15) is 0 Å². The lowest BCUT2D eigenvalue weighted by molar-refractivity contribution is 0.696. The van der Waals surface area contributed by atoms with Crippen LogP contribution in [0.3, 0.4) is 0 Å². The van der Waals surface area contributed by atoms with Crippen LogP contribution in [0.5, 0.6) is 0 Å². The highest BCUT2D eigenvalue weighted by molar-refractivity contribution is 14.1. The zero-order valence-electron chi connectivity index (χ0n) is 6.87. The summed E-state index contributed by atoms with van der Waals surface area (Å²) in [4.78, 5) is 4.23. The number of alkyl halides is 1. The Hall–Kier alpha value is -0.380. The van der Waals surface area contributed by atoms with Gasteiger partial charge in [0.25, 0.3) is 0 Å². The van der Waals surface area contributed by atoms with Gasteiger partial charge < -0.3 is 0 Å². The third kappa shape index (κ3) is 1.28. The van der Waals surface area contributed by atoms with E-state index in [1.54, 1.807) is 0 Å². The maximum absolute atomic E-state index is 4.23. The first kappa shape index (κ1) is 8.23. The minimum atomic E-state index is 0.142. The Morgan fingerprint density at radius 3 is 3.08 bits per heavy atom. The van der Waals surface area contributed by atoms with Crippen LogP contribution < -0.4 is 0 Å². The molecule has 0 saturated carbocycles. The summed E-state index contributed by atoms with van der Waals surface area (Å²) in [6.07, 6.45) is 12.5. The molecule has 2 aliphatic rings. The van der Waals surface area contributed by atoms with E-state index in [9.17, 15) is 0 Å². The predicted octanol–water partition coefficient (Wildman–Crippen LogP) is 2.89. The Kier molecular flexibility index (Phi) is 1.94. The first-order valence-corrected chi connectivity index (χ1v) is 5.06. The van der Waals surface area contributed by atoms with Gasteiger partial charge in [-0.25, -0.2) is 0 Å². The number of rotatable bonds is 0. The van der Waals surface area contributed by atoms with E-state index in [1.165, 1.54) is 5.57 Å². The Morgan fingerprint density at radius 2 is 2.33 bits per heavy atom. The third-order valence-electron chi connectivity index (χ3n) is 2.22. The molecule has 0 aromatic heterocycles. The molecule has 0 saturated heterocycles. The van der Waals surface area contributed by atoms with Crippen LogP contribution in [0.1, 0.15) is 6.92 Å². The molecular formula is C10H10IN. The molecule has 1 aliphatic carbocycles. The van der Waals surface area contributed by atoms with Crippen LogP contribution >= 0.6 is 22.6 Å². The van der Waals surface area contributed by atoms with Gasteiger partial charge in [0.15, 0.2) is 0 Å². The van der Waals surface area contributed by atoms with Crippen LogP contribution in [0.15, 0.2) is 41.1 Å². The van der Waals surface area contributed by atoms with Gasteiger partial charge in [-0.2, -0.15) is 0 Å². The van der Waals surface area contributed by atoms with E-state index in [0.29, 0.717) is 5.92 Å². The van der Waals surface area contributed by atoms with Crippen LogP contribution in [-0.4, -0.2) is 9.64 Å². The molecule has 0 N–H and O–H groups in total. The number of aliphatic imine (C=N–C) groups is 1. The van der Waals surface area contributed by atoms with E-state index < -0.39 is 0 Å². The number of hydrogen-bond donors (Lipinski definition) is 0. The van der Waals surface area contributed by atoms with Crippen molar-refractivity contribution in [2.45, 2.75) is 10.3 Å². The minimum absolute atomic E-state index is 0.142. The van der Waals surface area contributed by atoms with Gasteiger partial charge in [-0.1, -0.05) is 46.9 Å². The fourth-order valence-corrected chi connectivity index (χ4v) is 2.27. The molecule has 2 unspecified atom stereocenters. The summed E-state index contributed by atoms with van der Waals surface area (Å²) in [6, 6.07) is 0. The Labute approximate surface area is 86.1 Å².